The summed E-state index contributed by atoms with van der Waals surface area (Å²) in [5, 5.41) is 5.33. The number of carbonyl (C=O) groups excluding carboxylic acids is 1. The fourth-order valence-corrected chi connectivity index (χ4v) is 3.35. The van der Waals surface area contributed by atoms with Gasteiger partial charge in [-0.3, -0.25) is 9.59 Å². The van der Waals surface area contributed by atoms with Crippen molar-refractivity contribution >= 4 is 27.7 Å². The summed E-state index contributed by atoms with van der Waals surface area (Å²) in [6, 6.07) is 7.40. The molecule has 0 spiro atoms. The summed E-state index contributed by atoms with van der Waals surface area (Å²) in [5.41, 5.74) is 0.778. The average molecular weight is 395 g/mol. The molecule has 0 N–H and O–H groups in total. The summed E-state index contributed by atoms with van der Waals surface area (Å²) in [7, 11) is 6.35. The van der Waals surface area contributed by atoms with Crippen LogP contribution in [0.5, 0.6) is 5.88 Å². The van der Waals surface area contributed by atoms with Crippen molar-refractivity contribution < 1.29 is 13.9 Å². The highest BCUT2D eigenvalue weighted by Gasteiger charge is 2.24. The summed E-state index contributed by atoms with van der Waals surface area (Å²) >= 11 is 0. The molecule has 4 rings (SSSR count). The van der Waals surface area contributed by atoms with Crippen molar-refractivity contribution in [1.29, 1.82) is 0 Å². The van der Waals surface area contributed by atoms with E-state index in [0.29, 0.717) is 27.9 Å². The van der Waals surface area contributed by atoms with Gasteiger partial charge in [-0.25, -0.2) is 9.37 Å². The smallest absolute Gasteiger partial charge is 0.296 e. The molecule has 29 heavy (non-hydrogen) atoms. The molecule has 0 unspecified atom stereocenters. The minimum absolute atomic E-state index is 0.0950. The zero-order valence-electron chi connectivity index (χ0n) is 16.3. The van der Waals surface area contributed by atoms with E-state index >= 15 is 0 Å². The Balaban J connectivity index is 2.15. The Hall–Kier alpha value is -3.75. The number of amides is 1. The van der Waals surface area contributed by atoms with Gasteiger partial charge in [-0.05, 0) is 24.3 Å². The van der Waals surface area contributed by atoms with Gasteiger partial charge in [-0.15, -0.1) is 0 Å². The van der Waals surface area contributed by atoms with Crippen LogP contribution in [0.1, 0.15) is 10.5 Å². The minimum Gasteiger partial charge on any atom is -0.481 e. The van der Waals surface area contributed by atoms with E-state index in [1.54, 1.807) is 43.9 Å². The van der Waals surface area contributed by atoms with E-state index in [9.17, 15) is 14.0 Å². The number of halogens is 1. The molecule has 0 bridgehead atoms. The molecular formula is C20H18FN5O3. The van der Waals surface area contributed by atoms with E-state index in [1.807, 2.05) is 0 Å². The van der Waals surface area contributed by atoms with Gasteiger partial charge < -0.3 is 14.2 Å². The molecule has 148 valence electrons. The van der Waals surface area contributed by atoms with Crippen LogP contribution in [0.25, 0.3) is 27.5 Å². The SMILES string of the molecule is COc1ccc(-n2nc(C(=O)N(C)C)c3c4ccc(F)cc4n(C)c3c2=O)cn1. The minimum atomic E-state index is -0.443. The number of hydrogen-bond acceptors (Lipinski definition) is 5. The number of aryl methyl sites for hydroxylation is 1. The molecule has 0 fully saturated rings. The van der Waals surface area contributed by atoms with Gasteiger partial charge in [0.2, 0.25) is 5.88 Å². The summed E-state index contributed by atoms with van der Waals surface area (Å²) in [5.74, 6) is -0.425. The van der Waals surface area contributed by atoms with Crippen LogP contribution in [0.15, 0.2) is 41.3 Å². The van der Waals surface area contributed by atoms with Gasteiger partial charge in [0.05, 0.1) is 24.5 Å². The van der Waals surface area contributed by atoms with E-state index in [2.05, 4.69) is 10.1 Å². The van der Waals surface area contributed by atoms with E-state index in [1.165, 1.54) is 30.3 Å². The number of nitrogens with zero attached hydrogens (tertiary/aromatic N) is 5. The maximum atomic E-state index is 13.8. The predicted octanol–water partition coefficient (Wildman–Crippen LogP) is 2.12. The van der Waals surface area contributed by atoms with Crippen molar-refractivity contribution in [1.82, 2.24) is 24.2 Å². The van der Waals surface area contributed by atoms with Crippen LogP contribution < -0.4 is 10.3 Å². The molecule has 3 aromatic heterocycles. The molecule has 8 nitrogen and oxygen atoms in total. The van der Waals surface area contributed by atoms with Gasteiger partial charge >= 0.3 is 0 Å². The van der Waals surface area contributed by atoms with Crippen LogP contribution in [-0.4, -0.2) is 51.3 Å². The molecule has 0 aliphatic carbocycles. The molecule has 0 radical (unpaired) electrons. The maximum Gasteiger partial charge on any atom is 0.296 e. The molecule has 0 saturated heterocycles. The zero-order chi connectivity index (χ0) is 20.9. The molecule has 0 saturated carbocycles. The predicted molar refractivity (Wildman–Crippen MR) is 106 cm³/mol. The summed E-state index contributed by atoms with van der Waals surface area (Å²) in [6.07, 6.45) is 1.44. The lowest BCUT2D eigenvalue weighted by atomic mass is 10.1. The Morgan fingerprint density at radius 3 is 2.59 bits per heavy atom. The van der Waals surface area contributed by atoms with Crippen molar-refractivity contribution in [2.45, 2.75) is 0 Å². The van der Waals surface area contributed by atoms with Gasteiger partial charge in [0.1, 0.15) is 11.3 Å². The lowest BCUT2D eigenvalue weighted by molar-refractivity contribution is 0.0822. The third kappa shape index (κ3) is 2.82. The van der Waals surface area contributed by atoms with Crippen molar-refractivity contribution in [2.75, 3.05) is 21.2 Å². The molecule has 3 heterocycles. The third-order valence-electron chi connectivity index (χ3n) is 4.78. The van der Waals surface area contributed by atoms with Gasteiger partial charge in [0, 0.05) is 38.0 Å². The topological polar surface area (TPSA) is 82.3 Å². The molecular weight excluding hydrogens is 377 g/mol. The molecule has 0 aliphatic heterocycles. The number of ether oxygens (including phenoxy) is 1. The quantitative estimate of drug-likeness (QED) is 0.531. The molecule has 9 heteroatoms. The number of aromatic nitrogens is 4. The first kappa shape index (κ1) is 18.6. The molecule has 1 aromatic carbocycles. The van der Waals surface area contributed by atoms with Crippen molar-refractivity contribution in [3.05, 3.63) is 58.4 Å². The highest BCUT2D eigenvalue weighted by Crippen LogP contribution is 2.29. The largest absolute Gasteiger partial charge is 0.481 e. The number of hydrogen-bond donors (Lipinski definition) is 0. The second-order valence-corrected chi connectivity index (χ2v) is 6.77. The van der Waals surface area contributed by atoms with Crippen LogP contribution in [0.2, 0.25) is 0 Å². The zero-order valence-corrected chi connectivity index (χ0v) is 16.3. The first-order valence-corrected chi connectivity index (χ1v) is 8.76. The van der Waals surface area contributed by atoms with Gasteiger partial charge in [-0.2, -0.15) is 9.78 Å². The third-order valence-corrected chi connectivity index (χ3v) is 4.78. The maximum absolute atomic E-state index is 13.8. The lowest BCUT2D eigenvalue weighted by Gasteiger charge is -2.13. The van der Waals surface area contributed by atoms with Crippen LogP contribution in [-0.2, 0) is 7.05 Å². The Kier molecular flexibility index (Phi) is 4.30. The van der Waals surface area contributed by atoms with Gasteiger partial charge in [0.15, 0.2) is 5.69 Å². The fourth-order valence-electron chi connectivity index (χ4n) is 3.35. The number of methoxy groups -OCH3 is 1. The van der Waals surface area contributed by atoms with Gasteiger partial charge in [0.25, 0.3) is 11.5 Å². The van der Waals surface area contributed by atoms with Crippen LogP contribution in [0.4, 0.5) is 4.39 Å². The van der Waals surface area contributed by atoms with Crippen LogP contribution >= 0.6 is 0 Å². The number of benzene rings is 1. The highest BCUT2D eigenvalue weighted by molar-refractivity contribution is 6.16. The van der Waals surface area contributed by atoms with Crippen molar-refractivity contribution in [3.8, 4) is 11.6 Å². The summed E-state index contributed by atoms with van der Waals surface area (Å²) in [6.45, 7) is 0. The Bertz CT molecular complexity index is 1320. The standard InChI is InChI=1S/C20H18FN5O3/c1-24(2)19(27)17-16-13-7-5-11(21)9-14(13)25(3)18(16)20(28)26(23-17)12-6-8-15(29-4)22-10-12/h5-10H,1-4H3. The van der Waals surface area contributed by atoms with E-state index in [-0.39, 0.29) is 17.1 Å². The van der Waals surface area contributed by atoms with Crippen LogP contribution in [0.3, 0.4) is 0 Å². The average Bonchev–Trinajstić information content (AvgIpc) is 3.00. The highest BCUT2D eigenvalue weighted by atomic mass is 19.1. The Morgan fingerprint density at radius 1 is 1.21 bits per heavy atom. The van der Waals surface area contributed by atoms with E-state index in [0.717, 1.165) is 4.68 Å². The first-order valence-electron chi connectivity index (χ1n) is 8.76. The molecule has 0 atom stereocenters. The van der Waals surface area contributed by atoms with Gasteiger partial charge in [-0.1, -0.05) is 0 Å². The number of fused-ring (bicyclic) bond motifs is 3. The molecule has 0 aliphatic rings. The summed E-state index contributed by atoms with van der Waals surface area (Å²) in [4.78, 5) is 31.7. The van der Waals surface area contributed by atoms with Crippen LogP contribution in [0, 0.1) is 5.82 Å². The molecule has 1 amide bonds. The first-order chi connectivity index (χ1) is 13.8. The Labute approximate surface area is 164 Å². The monoisotopic (exact) mass is 395 g/mol. The second-order valence-electron chi connectivity index (χ2n) is 6.77. The Morgan fingerprint density at radius 2 is 1.97 bits per heavy atom. The number of pyridine rings is 1. The normalized spacial score (nSPS) is 11.2. The molecule has 4 aromatic rings. The van der Waals surface area contributed by atoms with Crippen molar-refractivity contribution in [2.24, 2.45) is 7.05 Å². The number of rotatable bonds is 3. The lowest BCUT2D eigenvalue weighted by Crippen LogP contribution is -2.30. The summed E-state index contributed by atoms with van der Waals surface area (Å²) < 4.78 is 21.6. The van der Waals surface area contributed by atoms with E-state index in [4.69, 9.17) is 4.74 Å². The number of carbonyl (C=O) groups is 1. The van der Waals surface area contributed by atoms with E-state index < -0.39 is 11.4 Å². The second kappa shape index (κ2) is 6.69. The van der Waals surface area contributed by atoms with Crippen molar-refractivity contribution in [3.63, 3.8) is 0 Å². The fraction of sp³-hybridized carbons (Fsp3) is 0.200.